The van der Waals surface area contributed by atoms with Gasteiger partial charge >= 0.3 is 0 Å². The van der Waals surface area contributed by atoms with Crippen molar-refractivity contribution in [2.24, 2.45) is 5.92 Å². The fraction of sp³-hybridized carbons (Fsp3) is 0.571. The van der Waals surface area contributed by atoms with Gasteiger partial charge in [-0.1, -0.05) is 30.7 Å². The standard InChI is InChI=1S/C14H22O2/c1-10-5-6-12(3)13(7-10)14(15)8-11(2)9-16-4/h5-7,11,14-15H,8-9H2,1-4H3. The first-order chi connectivity index (χ1) is 7.54. The first-order valence-electron chi connectivity index (χ1n) is 5.78. The van der Waals surface area contributed by atoms with E-state index in [1.54, 1.807) is 7.11 Å². The molecule has 0 fully saturated rings. The van der Waals surface area contributed by atoms with E-state index in [0.717, 1.165) is 17.5 Å². The van der Waals surface area contributed by atoms with E-state index in [0.29, 0.717) is 12.5 Å². The van der Waals surface area contributed by atoms with E-state index in [4.69, 9.17) is 4.74 Å². The van der Waals surface area contributed by atoms with E-state index < -0.39 is 0 Å². The van der Waals surface area contributed by atoms with Crippen molar-refractivity contribution in [1.82, 2.24) is 0 Å². The van der Waals surface area contributed by atoms with Crippen LogP contribution in [0.5, 0.6) is 0 Å². The van der Waals surface area contributed by atoms with Gasteiger partial charge in [0, 0.05) is 13.7 Å². The van der Waals surface area contributed by atoms with Crippen molar-refractivity contribution < 1.29 is 9.84 Å². The third-order valence-electron chi connectivity index (χ3n) is 2.87. The molecule has 2 atom stereocenters. The molecule has 0 amide bonds. The molecule has 2 nitrogen and oxygen atoms in total. The Morgan fingerprint density at radius 1 is 1.31 bits per heavy atom. The molecule has 0 heterocycles. The first-order valence-corrected chi connectivity index (χ1v) is 5.78. The van der Waals surface area contributed by atoms with Gasteiger partial charge in [0.05, 0.1) is 6.10 Å². The highest BCUT2D eigenvalue weighted by Gasteiger charge is 2.14. The van der Waals surface area contributed by atoms with Crippen molar-refractivity contribution in [3.05, 3.63) is 34.9 Å². The molecule has 0 aromatic heterocycles. The Balaban J connectivity index is 2.72. The largest absolute Gasteiger partial charge is 0.388 e. The minimum Gasteiger partial charge on any atom is -0.388 e. The summed E-state index contributed by atoms with van der Waals surface area (Å²) in [7, 11) is 1.70. The lowest BCUT2D eigenvalue weighted by atomic mass is 9.94. The van der Waals surface area contributed by atoms with E-state index >= 15 is 0 Å². The van der Waals surface area contributed by atoms with Crippen molar-refractivity contribution in [2.45, 2.75) is 33.3 Å². The Morgan fingerprint density at radius 2 is 2.00 bits per heavy atom. The SMILES string of the molecule is COCC(C)CC(O)c1cc(C)ccc1C. The van der Waals surface area contributed by atoms with Crippen molar-refractivity contribution in [2.75, 3.05) is 13.7 Å². The van der Waals surface area contributed by atoms with Crippen LogP contribution in [0.15, 0.2) is 18.2 Å². The van der Waals surface area contributed by atoms with Gasteiger partial charge in [-0.2, -0.15) is 0 Å². The quantitative estimate of drug-likeness (QED) is 0.830. The summed E-state index contributed by atoms with van der Waals surface area (Å²) in [5.41, 5.74) is 3.39. The van der Waals surface area contributed by atoms with Gasteiger partial charge in [0.1, 0.15) is 0 Å². The summed E-state index contributed by atoms with van der Waals surface area (Å²) in [6.45, 7) is 6.88. The second kappa shape index (κ2) is 6.02. The first kappa shape index (κ1) is 13.2. The van der Waals surface area contributed by atoms with E-state index in [2.05, 4.69) is 25.1 Å². The summed E-state index contributed by atoms with van der Waals surface area (Å²) >= 11 is 0. The third-order valence-corrected chi connectivity index (χ3v) is 2.87. The van der Waals surface area contributed by atoms with Crippen LogP contribution in [0, 0.1) is 19.8 Å². The van der Waals surface area contributed by atoms with E-state index in [-0.39, 0.29) is 6.10 Å². The van der Waals surface area contributed by atoms with Gasteiger partial charge in [-0.25, -0.2) is 0 Å². The zero-order valence-corrected chi connectivity index (χ0v) is 10.7. The molecule has 2 heteroatoms. The van der Waals surface area contributed by atoms with Crippen molar-refractivity contribution in [3.63, 3.8) is 0 Å². The Kier molecular flexibility index (Phi) is 4.97. The average Bonchev–Trinajstić information content (AvgIpc) is 2.21. The third kappa shape index (κ3) is 3.62. The van der Waals surface area contributed by atoms with E-state index in [1.807, 2.05) is 13.8 Å². The van der Waals surface area contributed by atoms with Crippen LogP contribution in [0.3, 0.4) is 0 Å². The van der Waals surface area contributed by atoms with Crippen molar-refractivity contribution in [3.8, 4) is 0 Å². The maximum Gasteiger partial charge on any atom is 0.0796 e. The maximum atomic E-state index is 10.2. The van der Waals surface area contributed by atoms with Gasteiger partial charge in [0.25, 0.3) is 0 Å². The molecular formula is C14H22O2. The summed E-state index contributed by atoms with van der Waals surface area (Å²) in [6.07, 6.45) is 0.364. The van der Waals surface area contributed by atoms with E-state index in [1.165, 1.54) is 5.56 Å². The Bertz CT molecular complexity index is 334. The highest BCUT2D eigenvalue weighted by atomic mass is 16.5. The molecule has 1 rings (SSSR count). The van der Waals surface area contributed by atoms with Gasteiger partial charge in [-0.05, 0) is 37.3 Å². The van der Waals surface area contributed by atoms with Crippen LogP contribution in [0.1, 0.15) is 36.1 Å². The highest BCUT2D eigenvalue weighted by Crippen LogP contribution is 2.25. The minimum absolute atomic E-state index is 0.375. The number of hydrogen-bond donors (Lipinski definition) is 1. The fourth-order valence-electron chi connectivity index (χ4n) is 1.98. The number of aliphatic hydroxyl groups is 1. The Morgan fingerprint density at radius 3 is 2.62 bits per heavy atom. The molecule has 2 unspecified atom stereocenters. The summed E-state index contributed by atoms with van der Waals surface area (Å²) in [6, 6.07) is 6.21. The number of methoxy groups -OCH3 is 1. The van der Waals surface area contributed by atoms with E-state index in [9.17, 15) is 5.11 Å². The normalized spacial score (nSPS) is 14.8. The number of rotatable bonds is 5. The summed E-state index contributed by atoms with van der Waals surface area (Å²) in [4.78, 5) is 0. The predicted octanol–water partition coefficient (Wildman–Crippen LogP) is 3.01. The van der Waals surface area contributed by atoms with Gasteiger partial charge in [-0.3, -0.25) is 0 Å². The van der Waals surface area contributed by atoms with Crippen LogP contribution in [0.25, 0.3) is 0 Å². The zero-order valence-electron chi connectivity index (χ0n) is 10.7. The number of aliphatic hydroxyl groups excluding tert-OH is 1. The highest BCUT2D eigenvalue weighted by molar-refractivity contribution is 5.32. The Labute approximate surface area is 98.3 Å². The molecule has 90 valence electrons. The van der Waals surface area contributed by atoms with Gasteiger partial charge in [-0.15, -0.1) is 0 Å². The molecule has 1 aromatic rings. The molecule has 1 aromatic carbocycles. The number of hydrogen-bond acceptors (Lipinski definition) is 2. The van der Waals surface area contributed by atoms with Crippen LogP contribution in [-0.4, -0.2) is 18.8 Å². The summed E-state index contributed by atoms with van der Waals surface area (Å²) in [5, 5.41) is 10.2. The molecule has 0 aliphatic carbocycles. The second-order valence-electron chi connectivity index (χ2n) is 4.67. The Hall–Kier alpha value is -0.860. The van der Waals surface area contributed by atoms with Gasteiger partial charge in [0.15, 0.2) is 0 Å². The van der Waals surface area contributed by atoms with Crippen LogP contribution in [0.4, 0.5) is 0 Å². The molecule has 0 saturated carbocycles. The lowest BCUT2D eigenvalue weighted by Crippen LogP contribution is -2.10. The predicted molar refractivity (Wildman–Crippen MR) is 66.5 cm³/mol. The van der Waals surface area contributed by atoms with Crippen molar-refractivity contribution in [1.29, 1.82) is 0 Å². The molecule has 0 bridgehead atoms. The van der Waals surface area contributed by atoms with Crippen LogP contribution >= 0.6 is 0 Å². The monoisotopic (exact) mass is 222 g/mol. The number of benzene rings is 1. The van der Waals surface area contributed by atoms with Crippen molar-refractivity contribution >= 4 is 0 Å². The van der Waals surface area contributed by atoms with Crippen LogP contribution in [0.2, 0.25) is 0 Å². The maximum absolute atomic E-state index is 10.2. The van der Waals surface area contributed by atoms with Gasteiger partial charge in [0.2, 0.25) is 0 Å². The smallest absolute Gasteiger partial charge is 0.0796 e. The molecule has 0 spiro atoms. The molecular weight excluding hydrogens is 200 g/mol. The fourth-order valence-corrected chi connectivity index (χ4v) is 1.98. The molecule has 0 aliphatic rings. The summed E-state index contributed by atoms with van der Waals surface area (Å²) in [5.74, 6) is 0.375. The van der Waals surface area contributed by atoms with Gasteiger partial charge < -0.3 is 9.84 Å². The lowest BCUT2D eigenvalue weighted by molar-refractivity contribution is 0.101. The summed E-state index contributed by atoms with van der Waals surface area (Å²) < 4.78 is 5.08. The molecule has 0 aliphatic heterocycles. The molecule has 1 N–H and O–H groups in total. The lowest BCUT2D eigenvalue weighted by Gasteiger charge is -2.18. The number of aryl methyl sites for hydroxylation is 2. The average molecular weight is 222 g/mol. The van der Waals surface area contributed by atoms with Crippen LogP contribution in [-0.2, 0) is 4.74 Å². The zero-order chi connectivity index (χ0) is 12.1. The van der Waals surface area contributed by atoms with Crippen LogP contribution < -0.4 is 0 Å². The molecule has 16 heavy (non-hydrogen) atoms. The second-order valence-corrected chi connectivity index (χ2v) is 4.67. The molecule has 0 radical (unpaired) electrons. The minimum atomic E-state index is -0.384. The topological polar surface area (TPSA) is 29.5 Å². The number of ether oxygens (including phenoxy) is 1. The molecule has 0 saturated heterocycles.